The smallest absolute Gasteiger partial charge is 0.185 e. The van der Waals surface area contributed by atoms with Gasteiger partial charge in [-0.15, -0.1) is 12.4 Å². The average Bonchev–Trinajstić information content (AvgIpc) is 2.44. The van der Waals surface area contributed by atoms with Gasteiger partial charge in [0.15, 0.2) is 6.29 Å². The van der Waals surface area contributed by atoms with Gasteiger partial charge in [-0.2, -0.15) is 0 Å². The van der Waals surface area contributed by atoms with Crippen molar-refractivity contribution in [2.75, 3.05) is 6.61 Å². The first-order valence-corrected chi connectivity index (χ1v) is 4.46. The maximum Gasteiger partial charge on any atom is 0.185 e. The van der Waals surface area contributed by atoms with Crippen LogP contribution < -0.4 is 5.73 Å². The minimum absolute atomic E-state index is 0. The third-order valence-corrected chi connectivity index (χ3v) is 3.33. The molecule has 0 spiro atoms. The molecule has 0 aromatic rings. The summed E-state index contributed by atoms with van der Waals surface area (Å²) in [6.07, 6.45) is -1.22. The van der Waals surface area contributed by atoms with Crippen molar-refractivity contribution >= 4 is 28.3 Å². The molecule has 0 aromatic heterocycles. The molecule has 2 fully saturated rings. The number of aliphatic hydroxyl groups is 1. The second kappa shape index (κ2) is 3.77. The largest absolute Gasteiger partial charge is 0.386 e. The highest BCUT2D eigenvalue weighted by atomic mass is 79.9. The van der Waals surface area contributed by atoms with Crippen LogP contribution in [0.1, 0.15) is 0 Å². The molecule has 0 aliphatic carbocycles. The van der Waals surface area contributed by atoms with Gasteiger partial charge in [-0.25, -0.2) is 0 Å². The third kappa shape index (κ3) is 1.49. The molecule has 2 aliphatic heterocycles. The maximum absolute atomic E-state index is 9.43. The number of rotatable bonds is 0. The molecule has 0 saturated carbocycles. The highest BCUT2D eigenvalue weighted by Crippen LogP contribution is 2.30. The predicted molar refractivity (Wildman–Crippen MR) is 48.6 cm³/mol. The van der Waals surface area contributed by atoms with E-state index in [0.29, 0.717) is 6.61 Å². The van der Waals surface area contributed by atoms with Crippen molar-refractivity contribution in [2.24, 2.45) is 5.73 Å². The van der Waals surface area contributed by atoms with E-state index in [1.807, 2.05) is 0 Å². The van der Waals surface area contributed by atoms with Gasteiger partial charge in [0, 0.05) is 0 Å². The molecule has 2 heterocycles. The Balaban J connectivity index is 0.000000720. The molecule has 0 amide bonds. The van der Waals surface area contributed by atoms with E-state index in [9.17, 15) is 5.11 Å². The molecule has 4 nitrogen and oxygen atoms in total. The summed E-state index contributed by atoms with van der Waals surface area (Å²) in [4.78, 5) is -0.00347. The van der Waals surface area contributed by atoms with E-state index in [0.717, 1.165) is 0 Å². The van der Waals surface area contributed by atoms with Gasteiger partial charge in [-0.1, -0.05) is 15.9 Å². The molecule has 2 bridgehead atoms. The molecule has 0 unspecified atom stereocenters. The SMILES string of the molecule is Cl.N[C@@H]1[C@H](O)[C@@H]2OC[C@@H](O2)[C@H]1Br. The van der Waals surface area contributed by atoms with Gasteiger partial charge < -0.3 is 20.3 Å². The van der Waals surface area contributed by atoms with E-state index >= 15 is 0 Å². The molecular formula is C6H11BrClNO3. The Hall–Kier alpha value is 0.610. The van der Waals surface area contributed by atoms with E-state index in [1.165, 1.54) is 0 Å². The number of hydrogen-bond acceptors (Lipinski definition) is 4. The van der Waals surface area contributed by atoms with Crippen LogP contribution in [0.15, 0.2) is 0 Å². The molecule has 6 heteroatoms. The van der Waals surface area contributed by atoms with Crippen molar-refractivity contribution in [3.8, 4) is 0 Å². The number of ether oxygens (including phenoxy) is 2. The zero-order valence-electron chi connectivity index (χ0n) is 6.22. The Morgan fingerprint density at radius 2 is 2.17 bits per heavy atom. The lowest BCUT2D eigenvalue weighted by molar-refractivity contribution is -0.156. The summed E-state index contributed by atoms with van der Waals surface area (Å²) in [6, 6.07) is -0.291. The van der Waals surface area contributed by atoms with Crippen molar-refractivity contribution in [3.05, 3.63) is 0 Å². The molecule has 2 rings (SSSR count). The van der Waals surface area contributed by atoms with Crippen molar-refractivity contribution in [1.29, 1.82) is 0 Å². The molecule has 72 valence electrons. The van der Waals surface area contributed by atoms with Crippen LogP contribution in [0.4, 0.5) is 0 Å². The van der Waals surface area contributed by atoms with Crippen LogP contribution in [0, 0.1) is 0 Å². The third-order valence-electron chi connectivity index (χ3n) is 2.13. The van der Waals surface area contributed by atoms with Crippen LogP contribution in [0.25, 0.3) is 0 Å². The lowest BCUT2D eigenvalue weighted by Crippen LogP contribution is -2.55. The van der Waals surface area contributed by atoms with Crippen LogP contribution in [-0.4, -0.2) is 41.1 Å². The van der Waals surface area contributed by atoms with Gasteiger partial charge in [0.05, 0.1) is 23.6 Å². The normalized spacial score (nSPS) is 51.8. The van der Waals surface area contributed by atoms with Crippen LogP contribution in [-0.2, 0) is 9.47 Å². The number of hydrogen-bond donors (Lipinski definition) is 2. The van der Waals surface area contributed by atoms with Gasteiger partial charge in [0.25, 0.3) is 0 Å². The Bertz CT molecular complexity index is 153. The standard InChI is InChI=1S/C6H10BrNO3.ClH/c7-3-2-1-10-6(11-2)5(9)4(3)8;/h2-6,9H,1,8H2;1H/t2-,3-,4+,5+,6-;/m1./s1. The van der Waals surface area contributed by atoms with E-state index in [1.54, 1.807) is 0 Å². The molecular weight excluding hydrogens is 249 g/mol. The monoisotopic (exact) mass is 259 g/mol. The minimum Gasteiger partial charge on any atom is -0.386 e. The molecule has 2 saturated heterocycles. The predicted octanol–water partition coefficient (Wildman–Crippen LogP) is -0.385. The number of halogens is 2. The quantitative estimate of drug-likeness (QED) is 0.583. The zero-order chi connectivity index (χ0) is 8.01. The summed E-state index contributed by atoms with van der Waals surface area (Å²) >= 11 is 3.36. The van der Waals surface area contributed by atoms with Crippen molar-refractivity contribution in [2.45, 2.75) is 29.4 Å². The molecule has 5 atom stereocenters. The Kier molecular flexibility index (Phi) is 3.36. The van der Waals surface area contributed by atoms with Crippen molar-refractivity contribution in [1.82, 2.24) is 0 Å². The Labute approximate surface area is 84.9 Å². The fraction of sp³-hybridized carbons (Fsp3) is 1.00. The molecule has 3 N–H and O–H groups in total. The highest BCUT2D eigenvalue weighted by molar-refractivity contribution is 9.09. The average molecular weight is 261 g/mol. The van der Waals surface area contributed by atoms with E-state index in [4.69, 9.17) is 15.2 Å². The van der Waals surface area contributed by atoms with Crippen molar-refractivity contribution in [3.63, 3.8) is 0 Å². The van der Waals surface area contributed by atoms with E-state index < -0.39 is 12.4 Å². The molecule has 12 heavy (non-hydrogen) atoms. The second-order valence-corrected chi connectivity index (χ2v) is 3.95. The lowest BCUT2D eigenvalue weighted by atomic mass is 10.0. The maximum atomic E-state index is 9.43. The van der Waals surface area contributed by atoms with E-state index in [2.05, 4.69) is 15.9 Å². The summed E-state index contributed by atoms with van der Waals surface area (Å²) in [5, 5.41) is 9.43. The lowest BCUT2D eigenvalue weighted by Gasteiger charge is -2.33. The fourth-order valence-corrected chi connectivity index (χ4v) is 1.99. The summed E-state index contributed by atoms with van der Waals surface area (Å²) < 4.78 is 10.4. The first-order valence-electron chi connectivity index (χ1n) is 3.55. The summed E-state index contributed by atoms with van der Waals surface area (Å²) in [7, 11) is 0. The van der Waals surface area contributed by atoms with Crippen LogP contribution >= 0.6 is 28.3 Å². The van der Waals surface area contributed by atoms with Gasteiger partial charge in [0.2, 0.25) is 0 Å². The molecule has 2 aliphatic rings. The van der Waals surface area contributed by atoms with Crippen LogP contribution in [0.2, 0.25) is 0 Å². The number of aliphatic hydroxyl groups excluding tert-OH is 1. The first kappa shape index (κ1) is 10.7. The fourth-order valence-electron chi connectivity index (χ4n) is 1.40. The second-order valence-electron chi connectivity index (χ2n) is 2.89. The van der Waals surface area contributed by atoms with Crippen LogP contribution in [0.5, 0.6) is 0 Å². The van der Waals surface area contributed by atoms with Crippen molar-refractivity contribution < 1.29 is 14.6 Å². The van der Waals surface area contributed by atoms with Gasteiger partial charge in [0.1, 0.15) is 6.10 Å². The number of fused-ring (bicyclic) bond motifs is 2. The molecule has 0 aromatic carbocycles. The zero-order valence-corrected chi connectivity index (χ0v) is 8.62. The Morgan fingerprint density at radius 1 is 1.50 bits per heavy atom. The van der Waals surface area contributed by atoms with Gasteiger partial charge >= 0.3 is 0 Å². The van der Waals surface area contributed by atoms with Gasteiger partial charge in [-0.05, 0) is 0 Å². The minimum atomic E-state index is -0.710. The highest BCUT2D eigenvalue weighted by Gasteiger charge is 2.47. The summed E-state index contributed by atoms with van der Waals surface area (Å²) in [5.41, 5.74) is 5.69. The summed E-state index contributed by atoms with van der Waals surface area (Å²) in [5.74, 6) is 0. The van der Waals surface area contributed by atoms with E-state index in [-0.39, 0.29) is 29.4 Å². The molecule has 0 radical (unpaired) electrons. The Morgan fingerprint density at radius 3 is 2.83 bits per heavy atom. The topological polar surface area (TPSA) is 64.7 Å². The first-order chi connectivity index (χ1) is 5.20. The summed E-state index contributed by atoms with van der Waals surface area (Å²) in [6.45, 7) is 0.519. The van der Waals surface area contributed by atoms with Gasteiger partial charge in [-0.3, -0.25) is 0 Å². The number of alkyl halides is 1. The number of nitrogens with two attached hydrogens (primary N) is 1. The van der Waals surface area contributed by atoms with Crippen LogP contribution in [0.3, 0.4) is 0 Å².